The Morgan fingerprint density at radius 2 is 2.17 bits per heavy atom. The molecule has 0 aliphatic carbocycles. The molecule has 0 fully saturated rings. The summed E-state index contributed by atoms with van der Waals surface area (Å²) in [5.41, 5.74) is 2.50. The Morgan fingerprint density at radius 3 is 2.88 bits per heavy atom. The average Bonchev–Trinajstić information content (AvgIpc) is 2.91. The van der Waals surface area contributed by atoms with E-state index in [1.807, 2.05) is 33.8 Å². The molecule has 7 heteroatoms. The van der Waals surface area contributed by atoms with Gasteiger partial charge in [-0.1, -0.05) is 11.6 Å². The summed E-state index contributed by atoms with van der Waals surface area (Å²) in [6.45, 7) is 8.74. The maximum Gasteiger partial charge on any atom is 0.410 e. The molecule has 128 valence electrons. The molecule has 24 heavy (non-hydrogen) atoms. The maximum absolute atomic E-state index is 12.3. The number of rotatable bonds is 1. The van der Waals surface area contributed by atoms with Gasteiger partial charge in [0.05, 0.1) is 12.2 Å². The molecule has 2 aromatic heterocycles. The van der Waals surface area contributed by atoms with Crippen LogP contribution in [0.5, 0.6) is 0 Å². The van der Waals surface area contributed by atoms with Crippen molar-refractivity contribution in [1.29, 1.82) is 0 Å². The van der Waals surface area contributed by atoms with Crippen molar-refractivity contribution < 1.29 is 9.53 Å². The monoisotopic (exact) mass is 365 g/mol. The van der Waals surface area contributed by atoms with Crippen molar-refractivity contribution in [2.75, 3.05) is 6.54 Å². The number of hydrogen-bond acceptors (Lipinski definition) is 5. The summed E-state index contributed by atoms with van der Waals surface area (Å²) in [5.74, 6) is 0. The quantitative estimate of drug-likeness (QED) is 0.700. The third kappa shape index (κ3) is 3.54. The maximum atomic E-state index is 12.3. The second kappa shape index (κ2) is 6.33. The number of halogens is 1. The van der Waals surface area contributed by atoms with Crippen LogP contribution in [0.2, 0.25) is 5.15 Å². The van der Waals surface area contributed by atoms with Crippen LogP contribution in [0, 0.1) is 6.92 Å². The van der Waals surface area contributed by atoms with Crippen molar-refractivity contribution >= 4 is 29.0 Å². The van der Waals surface area contributed by atoms with Gasteiger partial charge in [0.25, 0.3) is 0 Å². The molecular weight excluding hydrogens is 346 g/mol. The first-order valence-corrected chi connectivity index (χ1v) is 9.02. The zero-order chi connectivity index (χ0) is 17.5. The van der Waals surface area contributed by atoms with Crippen LogP contribution in [0.4, 0.5) is 4.79 Å². The van der Waals surface area contributed by atoms with Crippen LogP contribution in [0.25, 0.3) is 10.6 Å². The van der Waals surface area contributed by atoms with Gasteiger partial charge in [-0.05, 0) is 39.3 Å². The third-order valence-electron chi connectivity index (χ3n) is 3.76. The van der Waals surface area contributed by atoms with Crippen LogP contribution in [0.3, 0.4) is 0 Å². The lowest BCUT2D eigenvalue weighted by atomic mass is 10.1. The predicted molar refractivity (Wildman–Crippen MR) is 95.4 cm³/mol. The van der Waals surface area contributed by atoms with Gasteiger partial charge >= 0.3 is 6.09 Å². The lowest BCUT2D eigenvalue weighted by Gasteiger charge is -2.29. The van der Waals surface area contributed by atoms with E-state index >= 15 is 0 Å². The number of hydrogen-bond donors (Lipinski definition) is 0. The van der Waals surface area contributed by atoms with Crippen LogP contribution < -0.4 is 0 Å². The lowest BCUT2D eigenvalue weighted by molar-refractivity contribution is 0.0225. The van der Waals surface area contributed by atoms with Gasteiger partial charge in [-0.3, -0.25) is 0 Å². The molecule has 2 aromatic rings. The van der Waals surface area contributed by atoms with E-state index in [0.29, 0.717) is 18.2 Å². The van der Waals surface area contributed by atoms with Crippen molar-refractivity contribution in [3.8, 4) is 10.6 Å². The number of ether oxygens (including phenoxy) is 1. The molecule has 1 aliphatic rings. The van der Waals surface area contributed by atoms with Crippen molar-refractivity contribution in [2.24, 2.45) is 0 Å². The van der Waals surface area contributed by atoms with Crippen LogP contribution >= 0.6 is 22.9 Å². The van der Waals surface area contributed by atoms with Gasteiger partial charge in [0, 0.05) is 29.6 Å². The minimum absolute atomic E-state index is 0.272. The Labute approximate surface area is 150 Å². The van der Waals surface area contributed by atoms with Gasteiger partial charge < -0.3 is 9.64 Å². The molecule has 0 aromatic carbocycles. The molecule has 0 spiro atoms. The number of aromatic nitrogens is 2. The molecule has 0 unspecified atom stereocenters. The second-order valence-electron chi connectivity index (χ2n) is 6.82. The Hall–Kier alpha value is -1.66. The fourth-order valence-corrected chi connectivity index (χ4v) is 3.90. The zero-order valence-corrected chi connectivity index (χ0v) is 15.8. The van der Waals surface area contributed by atoms with E-state index in [2.05, 4.69) is 4.98 Å². The molecule has 0 N–H and O–H groups in total. The average molecular weight is 366 g/mol. The number of carbonyl (C=O) groups is 1. The number of nitrogens with zero attached hydrogens (tertiary/aromatic N) is 3. The molecule has 1 amide bonds. The molecule has 0 saturated carbocycles. The molecule has 0 bridgehead atoms. The molecule has 5 nitrogen and oxygen atoms in total. The van der Waals surface area contributed by atoms with Crippen LogP contribution in [-0.2, 0) is 17.7 Å². The highest BCUT2D eigenvalue weighted by Crippen LogP contribution is 2.34. The van der Waals surface area contributed by atoms with Crippen LogP contribution in [0.15, 0.2) is 12.3 Å². The first-order valence-electron chi connectivity index (χ1n) is 7.82. The van der Waals surface area contributed by atoms with Gasteiger partial charge in [-0.25, -0.2) is 14.8 Å². The minimum atomic E-state index is -0.485. The van der Waals surface area contributed by atoms with E-state index in [1.54, 1.807) is 22.4 Å². The van der Waals surface area contributed by atoms with Crippen molar-refractivity contribution in [1.82, 2.24) is 14.9 Å². The third-order valence-corrected chi connectivity index (χ3v) is 5.25. The molecule has 0 radical (unpaired) electrons. The number of amides is 1. The summed E-state index contributed by atoms with van der Waals surface area (Å²) in [6, 6.07) is 1.93. The van der Waals surface area contributed by atoms with Gasteiger partial charge in [0.2, 0.25) is 0 Å². The van der Waals surface area contributed by atoms with E-state index < -0.39 is 5.60 Å². The van der Waals surface area contributed by atoms with E-state index in [9.17, 15) is 4.79 Å². The molecule has 3 heterocycles. The second-order valence-corrected chi connectivity index (χ2v) is 8.26. The van der Waals surface area contributed by atoms with E-state index in [4.69, 9.17) is 21.3 Å². The Kier molecular flexibility index (Phi) is 4.53. The summed E-state index contributed by atoms with van der Waals surface area (Å²) in [6.07, 6.45) is 2.16. The SMILES string of the molecule is Cc1c(-c2nc3c(s2)CN(C(=O)OC(C)(C)C)CC3)ccnc1Cl. The molecular formula is C17H20ClN3O2S. The van der Waals surface area contributed by atoms with Crippen molar-refractivity contribution in [3.05, 3.63) is 33.6 Å². The van der Waals surface area contributed by atoms with Gasteiger partial charge in [-0.15, -0.1) is 11.3 Å². The molecule has 0 saturated heterocycles. The van der Waals surface area contributed by atoms with Crippen molar-refractivity contribution in [3.63, 3.8) is 0 Å². The molecule has 3 rings (SSSR count). The van der Waals surface area contributed by atoms with Gasteiger partial charge in [0.1, 0.15) is 15.8 Å². The fraction of sp³-hybridized carbons (Fsp3) is 0.471. The largest absolute Gasteiger partial charge is 0.444 e. The standard InChI is InChI=1S/C17H20ClN3O2S/c1-10-11(5-7-19-14(10)18)15-20-12-6-8-21(9-13(12)24-15)16(22)23-17(2,3)4/h5,7H,6,8-9H2,1-4H3. The minimum Gasteiger partial charge on any atom is -0.444 e. The Morgan fingerprint density at radius 1 is 1.42 bits per heavy atom. The molecule has 0 atom stereocenters. The Bertz CT molecular complexity index is 783. The summed E-state index contributed by atoms with van der Waals surface area (Å²) in [5, 5.41) is 1.42. The number of carbonyl (C=O) groups excluding carboxylic acids is 1. The first kappa shape index (κ1) is 17.2. The number of pyridine rings is 1. The predicted octanol–water partition coefficient (Wildman–Crippen LogP) is 4.46. The van der Waals surface area contributed by atoms with Gasteiger partial charge in [-0.2, -0.15) is 0 Å². The topological polar surface area (TPSA) is 55.3 Å². The van der Waals surface area contributed by atoms with E-state index in [1.165, 1.54) is 0 Å². The van der Waals surface area contributed by atoms with E-state index in [0.717, 1.165) is 33.1 Å². The summed E-state index contributed by atoms with van der Waals surface area (Å²) in [4.78, 5) is 23.9. The fourth-order valence-electron chi connectivity index (χ4n) is 2.53. The smallest absolute Gasteiger partial charge is 0.410 e. The Balaban J connectivity index is 1.83. The normalized spacial score (nSPS) is 14.5. The molecule has 1 aliphatic heterocycles. The van der Waals surface area contributed by atoms with Crippen LogP contribution in [0.1, 0.15) is 36.9 Å². The number of fused-ring (bicyclic) bond motifs is 1. The van der Waals surface area contributed by atoms with Crippen molar-refractivity contribution in [2.45, 2.75) is 46.3 Å². The summed E-state index contributed by atoms with van der Waals surface area (Å²) in [7, 11) is 0. The van der Waals surface area contributed by atoms with Gasteiger partial charge in [0.15, 0.2) is 0 Å². The van der Waals surface area contributed by atoms with Crippen LogP contribution in [-0.4, -0.2) is 33.1 Å². The lowest BCUT2D eigenvalue weighted by Crippen LogP contribution is -2.39. The highest BCUT2D eigenvalue weighted by atomic mass is 35.5. The highest BCUT2D eigenvalue weighted by Gasteiger charge is 2.28. The van der Waals surface area contributed by atoms with E-state index in [-0.39, 0.29) is 6.09 Å². The number of thiazole rings is 1. The summed E-state index contributed by atoms with van der Waals surface area (Å²) < 4.78 is 5.46. The summed E-state index contributed by atoms with van der Waals surface area (Å²) >= 11 is 7.72. The highest BCUT2D eigenvalue weighted by molar-refractivity contribution is 7.15. The first-order chi connectivity index (χ1) is 11.2. The zero-order valence-electron chi connectivity index (χ0n) is 14.2.